The Bertz CT molecular complexity index is 424. The Morgan fingerprint density at radius 2 is 1.93 bits per heavy atom. The van der Waals surface area contributed by atoms with Crippen LogP contribution in [-0.4, -0.2) is 16.1 Å². The van der Waals surface area contributed by atoms with E-state index in [1.807, 2.05) is 0 Å². The first kappa shape index (κ1) is 8.62. The minimum atomic E-state index is -0.202. The number of nitrogens with one attached hydrogen (secondary N) is 1. The fraction of sp³-hybridized carbons (Fsp3) is 0.100. The summed E-state index contributed by atoms with van der Waals surface area (Å²) in [6, 6.07) is 2.83. The lowest BCUT2D eigenvalue weighted by atomic mass is 10.0. The first-order valence-corrected chi connectivity index (χ1v) is 4.17. The highest BCUT2D eigenvalue weighted by molar-refractivity contribution is 5.83. The van der Waals surface area contributed by atoms with Gasteiger partial charge in [0.1, 0.15) is 0 Å². The van der Waals surface area contributed by atoms with Crippen LogP contribution in [0.15, 0.2) is 18.3 Å². The third kappa shape index (κ3) is 1.42. The number of phenols is 2. The highest BCUT2D eigenvalue weighted by atomic mass is 16.3. The molecule has 0 aliphatic carbocycles. The smallest absolute Gasteiger partial charge is 0.228 e. The molecule has 0 aromatic heterocycles. The van der Waals surface area contributed by atoms with Crippen molar-refractivity contribution in [1.82, 2.24) is 5.32 Å². The summed E-state index contributed by atoms with van der Waals surface area (Å²) in [7, 11) is 0. The normalized spacial score (nSPS) is 14.4. The molecule has 14 heavy (non-hydrogen) atoms. The van der Waals surface area contributed by atoms with Gasteiger partial charge in [-0.3, -0.25) is 4.79 Å². The summed E-state index contributed by atoms with van der Waals surface area (Å²) in [5.74, 6) is -0.514. The molecule has 4 nitrogen and oxygen atoms in total. The largest absolute Gasteiger partial charge is 0.504 e. The van der Waals surface area contributed by atoms with Gasteiger partial charge in [-0.25, -0.2) is 0 Å². The van der Waals surface area contributed by atoms with Crippen LogP contribution in [0.4, 0.5) is 0 Å². The van der Waals surface area contributed by atoms with Crippen LogP contribution in [0.5, 0.6) is 11.5 Å². The minimum Gasteiger partial charge on any atom is -0.504 e. The average molecular weight is 191 g/mol. The zero-order valence-electron chi connectivity index (χ0n) is 7.32. The zero-order valence-corrected chi connectivity index (χ0v) is 7.32. The number of fused-ring (bicyclic) bond motifs is 1. The molecule has 0 saturated carbocycles. The Kier molecular flexibility index (Phi) is 1.89. The molecular formula is C10H9NO3. The van der Waals surface area contributed by atoms with Gasteiger partial charge in [0.2, 0.25) is 5.91 Å². The van der Waals surface area contributed by atoms with E-state index in [4.69, 9.17) is 0 Å². The summed E-state index contributed by atoms with van der Waals surface area (Å²) in [5.41, 5.74) is 1.44. The summed E-state index contributed by atoms with van der Waals surface area (Å²) < 4.78 is 0. The molecule has 2 rings (SSSR count). The molecule has 0 spiro atoms. The molecule has 1 amide bonds. The summed E-state index contributed by atoms with van der Waals surface area (Å²) in [5, 5.41) is 21.0. The van der Waals surface area contributed by atoms with Crippen molar-refractivity contribution < 1.29 is 15.0 Å². The van der Waals surface area contributed by atoms with Crippen LogP contribution in [-0.2, 0) is 11.2 Å². The van der Waals surface area contributed by atoms with E-state index >= 15 is 0 Å². The number of carbonyl (C=O) groups is 1. The molecule has 72 valence electrons. The lowest BCUT2D eigenvalue weighted by Crippen LogP contribution is -2.17. The van der Waals surface area contributed by atoms with Crippen molar-refractivity contribution in [2.45, 2.75) is 6.42 Å². The topological polar surface area (TPSA) is 69.6 Å². The van der Waals surface area contributed by atoms with E-state index in [1.54, 1.807) is 6.08 Å². The predicted molar refractivity (Wildman–Crippen MR) is 50.7 cm³/mol. The zero-order chi connectivity index (χ0) is 10.1. The monoisotopic (exact) mass is 191 g/mol. The SMILES string of the molecule is O=C1Cc2cc(O)c(O)cc2C=CN1. The van der Waals surface area contributed by atoms with E-state index in [-0.39, 0.29) is 23.8 Å². The second kappa shape index (κ2) is 3.06. The molecule has 0 radical (unpaired) electrons. The molecule has 4 heteroatoms. The van der Waals surface area contributed by atoms with Crippen LogP contribution in [0.1, 0.15) is 11.1 Å². The molecule has 3 N–H and O–H groups in total. The van der Waals surface area contributed by atoms with Crippen molar-refractivity contribution in [3.8, 4) is 11.5 Å². The number of carbonyl (C=O) groups excluding carboxylic acids is 1. The molecule has 0 fully saturated rings. The van der Waals surface area contributed by atoms with Crippen molar-refractivity contribution in [2.24, 2.45) is 0 Å². The second-order valence-electron chi connectivity index (χ2n) is 3.12. The van der Waals surface area contributed by atoms with Crippen LogP contribution in [0.25, 0.3) is 6.08 Å². The number of hydrogen-bond donors (Lipinski definition) is 3. The standard InChI is InChI=1S/C10H9NO3/c12-8-3-6-1-2-11-10(14)5-7(6)4-9(8)13/h1-4,12-13H,5H2,(H,11,14). The van der Waals surface area contributed by atoms with Gasteiger partial charge >= 0.3 is 0 Å². The lowest BCUT2D eigenvalue weighted by molar-refractivity contribution is -0.119. The van der Waals surface area contributed by atoms with Crippen LogP contribution < -0.4 is 5.32 Å². The van der Waals surface area contributed by atoms with Crippen LogP contribution >= 0.6 is 0 Å². The Morgan fingerprint density at radius 1 is 1.21 bits per heavy atom. The van der Waals surface area contributed by atoms with E-state index in [0.717, 1.165) is 5.56 Å². The Balaban J connectivity index is 2.55. The van der Waals surface area contributed by atoms with Gasteiger partial charge in [0.05, 0.1) is 6.42 Å². The minimum absolute atomic E-state index is 0.134. The maximum absolute atomic E-state index is 11.1. The molecular weight excluding hydrogens is 182 g/mol. The molecule has 1 aliphatic heterocycles. The van der Waals surface area contributed by atoms with Gasteiger partial charge < -0.3 is 15.5 Å². The fourth-order valence-electron chi connectivity index (χ4n) is 1.39. The second-order valence-corrected chi connectivity index (χ2v) is 3.12. The first-order chi connectivity index (χ1) is 6.66. The van der Waals surface area contributed by atoms with Crippen molar-refractivity contribution in [2.75, 3.05) is 0 Å². The molecule has 1 aromatic carbocycles. The van der Waals surface area contributed by atoms with Crippen molar-refractivity contribution in [1.29, 1.82) is 0 Å². The highest BCUT2D eigenvalue weighted by Gasteiger charge is 2.12. The van der Waals surface area contributed by atoms with Gasteiger partial charge in [0.25, 0.3) is 0 Å². The van der Waals surface area contributed by atoms with Gasteiger partial charge in [0.15, 0.2) is 11.5 Å². The van der Waals surface area contributed by atoms with Crippen molar-refractivity contribution in [3.63, 3.8) is 0 Å². The average Bonchev–Trinajstić information content (AvgIpc) is 2.28. The third-order valence-electron chi connectivity index (χ3n) is 2.09. The first-order valence-electron chi connectivity index (χ1n) is 4.17. The third-order valence-corrected chi connectivity index (χ3v) is 2.09. The van der Waals surface area contributed by atoms with E-state index in [2.05, 4.69) is 5.32 Å². The number of amides is 1. The van der Waals surface area contributed by atoms with E-state index in [9.17, 15) is 15.0 Å². The number of hydrogen-bond acceptors (Lipinski definition) is 3. The Labute approximate surface area is 80.5 Å². The van der Waals surface area contributed by atoms with Crippen LogP contribution in [0, 0.1) is 0 Å². The number of rotatable bonds is 0. The summed E-state index contributed by atoms with van der Waals surface area (Å²) in [6.07, 6.45) is 3.40. The van der Waals surface area contributed by atoms with Gasteiger partial charge in [-0.2, -0.15) is 0 Å². The lowest BCUT2D eigenvalue weighted by Gasteiger charge is -2.04. The number of phenolic OH excluding ortho intramolecular Hbond substituents is 2. The highest BCUT2D eigenvalue weighted by Crippen LogP contribution is 2.29. The van der Waals surface area contributed by atoms with Crippen molar-refractivity contribution >= 4 is 12.0 Å². The molecule has 0 atom stereocenters. The van der Waals surface area contributed by atoms with E-state index < -0.39 is 0 Å². The van der Waals surface area contributed by atoms with E-state index in [0.29, 0.717) is 5.56 Å². The van der Waals surface area contributed by atoms with Crippen LogP contribution in [0.2, 0.25) is 0 Å². The van der Waals surface area contributed by atoms with Crippen LogP contribution in [0.3, 0.4) is 0 Å². The summed E-state index contributed by atoms with van der Waals surface area (Å²) in [6.45, 7) is 0. The molecule has 0 unspecified atom stereocenters. The molecule has 1 aliphatic rings. The maximum Gasteiger partial charge on any atom is 0.228 e. The number of aromatic hydroxyl groups is 2. The fourth-order valence-corrected chi connectivity index (χ4v) is 1.39. The van der Waals surface area contributed by atoms with Crippen molar-refractivity contribution in [3.05, 3.63) is 29.5 Å². The maximum atomic E-state index is 11.1. The molecule has 0 bridgehead atoms. The summed E-state index contributed by atoms with van der Waals surface area (Å²) in [4.78, 5) is 11.1. The van der Waals surface area contributed by atoms with Gasteiger partial charge in [-0.05, 0) is 29.3 Å². The summed E-state index contributed by atoms with van der Waals surface area (Å²) >= 11 is 0. The van der Waals surface area contributed by atoms with Gasteiger partial charge in [-0.15, -0.1) is 0 Å². The quantitative estimate of drug-likeness (QED) is 0.530. The molecule has 0 saturated heterocycles. The van der Waals surface area contributed by atoms with Gasteiger partial charge in [-0.1, -0.05) is 0 Å². The Hall–Kier alpha value is -1.97. The Morgan fingerprint density at radius 3 is 2.71 bits per heavy atom. The predicted octanol–water partition coefficient (Wildman–Crippen LogP) is 0.741. The molecule has 1 heterocycles. The molecule has 1 aromatic rings. The number of benzene rings is 1. The van der Waals surface area contributed by atoms with E-state index in [1.165, 1.54) is 18.3 Å². The van der Waals surface area contributed by atoms with Gasteiger partial charge in [0, 0.05) is 6.20 Å².